The lowest BCUT2D eigenvalue weighted by molar-refractivity contribution is -0.123. The summed E-state index contributed by atoms with van der Waals surface area (Å²) in [4.78, 5) is 30.7. The molecule has 160 valence electrons. The number of pyridine rings is 1. The molecule has 1 aliphatic rings. The van der Waals surface area contributed by atoms with Crippen molar-refractivity contribution in [1.82, 2.24) is 25.0 Å². The molecule has 0 saturated carbocycles. The Labute approximate surface area is 179 Å². The van der Waals surface area contributed by atoms with Crippen molar-refractivity contribution in [3.05, 3.63) is 53.9 Å². The highest BCUT2D eigenvalue weighted by Gasteiger charge is 2.27. The maximum atomic E-state index is 13.3. The van der Waals surface area contributed by atoms with Gasteiger partial charge in [0, 0.05) is 43.8 Å². The zero-order valence-electron chi connectivity index (χ0n) is 17.5. The summed E-state index contributed by atoms with van der Waals surface area (Å²) < 4.78 is 15.2. The summed E-state index contributed by atoms with van der Waals surface area (Å²) in [5.41, 5.74) is 2.37. The minimum absolute atomic E-state index is 0.0823. The largest absolute Gasteiger partial charge is 0.299 e. The average Bonchev–Trinajstić information content (AvgIpc) is 3.11. The molecule has 4 heterocycles. The maximum absolute atomic E-state index is 13.3. The first kappa shape index (κ1) is 20.8. The summed E-state index contributed by atoms with van der Waals surface area (Å²) in [5.74, 6) is 0.470. The number of halogens is 1. The van der Waals surface area contributed by atoms with Crippen LogP contribution in [0.2, 0.25) is 0 Å². The number of anilines is 1. The van der Waals surface area contributed by atoms with Gasteiger partial charge in [0.2, 0.25) is 5.91 Å². The third kappa shape index (κ3) is 4.82. The molecule has 31 heavy (non-hydrogen) atoms. The monoisotopic (exact) mass is 422 g/mol. The summed E-state index contributed by atoms with van der Waals surface area (Å²) in [6.07, 6.45) is 2.98. The highest BCUT2D eigenvalue weighted by Crippen LogP contribution is 2.25. The first-order valence-electron chi connectivity index (χ1n) is 10.2. The summed E-state index contributed by atoms with van der Waals surface area (Å²) in [6, 6.07) is 6.58. The lowest BCUT2D eigenvalue weighted by Gasteiger charge is -2.31. The van der Waals surface area contributed by atoms with Gasteiger partial charge in [-0.2, -0.15) is 15.3 Å². The zero-order chi connectivity index (χ0) is 22.0. The molecule has 0 aromatic carbocycles. The van der Waals surface area contributed by atoms with E-state index in [1.807, 2.05) is 17.7 Å². The molecule has 0 aliphatic carbocycles. The Morgan fingerprint density at radius 2 is 1.97 bits per heavy atom. The van der Waals surface area contributed by atoms with E-state index in [1.165, 1.54) is 12.3 Å². The molecule has 0 saturated heterocycles. The Morgan fingerprint density at radius 1 is 1.13 bits per heavy atom. The Morgan fingerprint density at radius 3 is 2.71 bits per heavy atom. The number of aryl methyl sites for hydroxylation is 1. The fourth-order valence-corrected chi connectivity index (χ4v) is 3.70. The van der Waals surface area contributed by atoms with Gasteiger partial charge in [-0.1, -0.05) is 6.92 Å². The number of fused-ring (bicyclic) bond motifs is 1. The Balaban J connectivity index is 1.34. The number of hydrogen-bond donors (Lipinski definition) is 0. The minimum atomic E-state index is -0.454. The third-order valence-electron chi connectivity index (χ3n) is 5.15. The Kier molecular flexibility index (Phi) is 5.83. The fraction of sp³-hybridized carbons (Fsp3) is 0.364. The van der Waals surface area contributed by atoms with Gasteiger partial charge in [-0.25, -0.2) is 9.07 Å². The van der Waals surface area contributed by atoms with Gasteiger partial charge in [-0.15, -0.1) is 0 Å². The fourth-order valence-electron chi connectivity index (χ4n) is 3.70. The van der Waals surface area contributed by atoms with Crippen molar-refractivity contribution in [3.8, 4) is 11.3 Å². The number of carbonyl (C=O) groups excluding carboxylic acids is 2. The summed E-state index contributed by atoms with van der Waals surface area (Å²) >= 11 is 0. The second-order valence-electron chi connectivity index (χ2n) is 7.95. The van der Waals surface area contributed by atoms with Gasteiger partial charge < -0.3 is 0 Å². The van der Waals surface area contributed by atoms with E-state index in [0.717, 1.165) is 24.3 Å². The van der Waals surface area contributed by atoms with E-state index in [4.69, 9.17) is 0 Å². The van der Waals surface area contributed by atoms with Gasteiger partial charge in [0.15, 0.2) is 0 Å². The molecule has 0 radical (unpaired) electrons. The van der Waals surface area contributed by atoms with Crippen LogP contribution in [0.4, 0.5) is 10.2 Å². The zero-order valence-corrected chi connectivity index (χ0v) is 17.5. The molecule has 1 unspecified atom stereocenters. The van der Waals surface area contributed by atoms with Crippen molar-refractivity contribution < 1.29 is 14.0 Å². The number of Topliss-reactive ketones (excluding diaryl/α,β-unsaturated/α-hetero) is 1. The number of rotatable bonds is 6. The molecular weight excluding hydrogens is 399 g/mol. The van der Waals surface area contributed by atoms with Crippen LogP contribution in [0.5, 0.6) is 0 Å². The molecule has 0 bridgehead atoms. The van der Waals surface area contributed by atoms with Crippen LogP contribution in [0.1, 0.15) is 31.2 Å². The second kappa shape index (κ2) is 8.71. The molecule has 3 aromatic heterocycles. The van der Waals surface area contributed by atoms with Crippen LogP contribution >= 0.6 is 0 Å². The van der Waals surface area contributed by atoms with Gasteiger partial charge in [-0.05, 0) is 31.0 Å². The van der Waals surface area contributed by atoms with Crippen LogP contribution in [-0.4, -0.2) is 43.2 Å². The molecule has 0 N–H and O–H groups in total. The SMILES string of the molecule is Cc1cc2n(n1)CC(C)CN2C(=O)CCC(=O)Cc1ccc(-c2cncc(F)c2)nn1. The van der Waals surface area contributed by atoms with Crippen molar-refractivity contribution in [2.45, 2.75) is 39.7 Å². The molecule has 8 nitrogen and oxygen atoms in total. The van der Waals surface area contributed by atoms with Gasteiger partial charge in [-0.3, -0.25) is 19.5 Å². The lowest BCUT2D eigenvalue weighted by Crippen LogP contribution is -2.41. The predicted octanol–water partition coefficient (Wildman–Crippen LogP) is 2.76. The summed E-state index contributed by atoms with van der Waals surface area (Å²) in [7, 11) is 0. The number of ketones is 1. The molecular formula is C22H23FN6O2. The predicted molar refractivity (Wildman–Crippen MR) is 112 cm³/mol. The van der Waals surface area contributed by atoms with Crippen LogP contribution in [0.25, 0.3) is 11.3 Å². The first-order valence-corrected chi connectivity index (χ1v) is 10.2. The Hall–Kier alpha value is -3.49. The van der Waals surface area contributed by atoms with Gasteiger partial charge in [0.25, 0.3) is 0 Å². The third-order valence-corrected chi connectivity index (χ3v) is 5.15. The van der Waals surface area contributed by atoms with Crippen LogP contribution in [0.15, 0.2) is 36.7 Å². The van der Waals surface area contributed by atoms with Gasteiger partial charge in [0.1, 0.15) is 17.4 Å². The molecule has 9 heteroatoms. The molecule has 1 atom stereocenters. The maximum Gasteiger partial charge on any atom is 0.228 e. The van der Waals surface area contributed by atoms with Crippen molar-refractivity contribution in [3.63, 3.8) is 0 Å². The van der Waals surface area contributed by atoms with Crippen molar-refractivity contribution in [1.29, 1.82) is 0 Å². The normalized spacial score (nSPS) is 15.6. The van der Waals surface area contributed by atoms with Crippen molar-refractivity contribution >= 4 is 17.5 Å². The smallest absolute Gasteiger partial charge is 0.228 e. The topological polar surface area (TPSA) is 93.9 Å². The standard InChI is InChI=1S/C22H23FN6O2/c1-14-12-28(21-7-15(2)27-29(21)13-14)22(31)6-4-19(30)9-18-3-5-20(26-25-18)16-8-17(23)11-24-10-16/h3,5,7-8,10-11,14H,4,6,9,12-13H2,1-2H3. The molecule has 0 fully saturated rings. The van der Waals surface area contributed by atoms with E-state index in [0.29, 0.717) is 29.4 Å². The molecule has 3 aromatic rings. The van der Waals surface area contributed by atoms with Crippen LogP contribution < -0.4 is 4.90 Å². The highest BCUT2D eigenvalue weighted by molar-refractivity contribution is 5.95. The van der Waals surface area contributed by atoms with Crippen molar-refractivity contribution in [2.75, 3.05) is 11.4 Å². The van der Waals surface area contributed by atoms with E-state index in [-0.39, 0.29) is 31.0 Å². The van der Waals surface area contributed by atoms with Gasteiger partial charge >= 0.3 is 0 Å². The van der Waals surface area contributed by atoms with E-state index in [2.05, 4.69) is 27.2 Å². The number of hydrogen-bond acceptors (Lipinski definition) is 6. The van der Waals surface area contributed by atoms with Gasteiger partial charge in [0.05, 0.1) is 29.7 Å². The Bertz CT molecular complexity index is 1110. The average molecular weight is 422 g/mol. The van der Waals surface area contributed by atoms with E-state index < -0.39 is 5.82 Å². The van der Waals surface area contributed by atoms with E-state index in [1.54, 1.807) is 17.0 Å². The molecule has 4 rings (SSSR count). The molecule has 0 spiro atoms. The lowest BCUT2D eigenvalue weighted by atomic mass is 10.1. The van der Waals surface area contributed by atoms with E-state index in [9.17, 15) is 14.0 Å². The van der Waals surface area contributed by atoms with E-state index >= 15 is 0 Å². The number of aromatic nitrogens is 5. The minimum Gasteiger partial charge on any atom is -0.299 e. The van der Waals surface area contributed by atoms with Crippen LogP contribution in [0, 0.1) is 18.7 Å². The second-order valence-corrected chi connectivity index (χ2v) is 7.95. The quantitative estimate of drug-likeness (QED) is 0.606. The number of nitrogens with zero attached hydrogens (tertiary/aromatic N) is 6. The van der Waals surface area contributed by atoms with Crippen LogP contribution in [-0.2, 0) is 22.6 Å². The summed E-state index contributed by atoms with van der Waals surface area (Å²) in [5, 5.41) is 12.5. The number of amides is 1. The van der Waals surface area contributed by atoms with Crippen LogP contribution in [0.3, 0.4) is 0 Å². The molecule has 1 amide bonds. The van der Waals surface area contributed by atoms with Crippen molar-refractivity contribution in [2.24, 2.45) is 5.92 Å². The number of carbonyl (C=O) groups is 2. The first-order chi connectivity index (χ1) is 14.9. The highest BCUT2D eigenvalue weighted by atomic mass is 19.1. The molecule has 1 aliphatic heterocycles. The summed E-state index contributed by atoms with van der Waals surface area (Å²) in [6.45, 7) is 5.39.